The molecule has 0 saturated heterocycles. The van der Waals surface area contributed by atoms with Crippen molar-refractivity contribution in [3.05, 3.63) is 16.1 Å². The Balaban J connectivity index is 2.62. The zero-order chi connectivity index (χ0) is 12.1. The Morgan fingerprint density at radius 1 is 1.69 bits per heavy atom. The van der Waals surface area contributed by atoms with Crippen molar-refractivity contribution in [3.63, 3.8) is 0 Å². The molecule has 1 rings (SSSR count). The highest BCUT2D eigenvalue weighted by atomic mass is 32.1. The molecule has 1 atom stereocenters. The van der Waals surface area contributed by atoms with Crippen LogP contribution in [-0.2, 0) is 11.2 Å². The van der Waals surface area contributed by atoms with Gasteiger partial charge in [0.1, 0.15) is 11.7 Å². The van der Waals surface area contributed by atoms with E-state index in [4.69, 9.17) is 10.8 Å². The summed E-state index contributed by atoms with van der Waals surface area (Å²) < 4.78 is 0. The molecule has 0 fully saturated rings. The van der Waals surface area contributed by atoms with Gasteiger partial charge in [0.15, 0.2) is 0 Å². The summed E-state index contributed by atoms with van der Waals surface area (Å²) in [6.07, 6.45) is 0.617. The fourth-order valence-electron chi connectivity index (χ4n) is 0.986. The van der Waals surface area contributed by atoms with Gasteiger partial charge in [-0.25, -0.2) is 4.98 Å². The number of nitrogens with one attached hydrogen (secondary N) is 1. The lowest BCUT2D eigenvalue weighted by molar-refractivity contribution is -0.138. The van der Waals surface area contributed by atoms with Crippen LogP contribution in [0, 0.1) is 0 Å². The van der Waals surface area contributed by atoms with E-state index in [1.165, 1.54) is 18.3 Å². The summed E-state index contributed by atoms with van der Waals surface area (Å²) in [5.41, 5.74) is 5.59. The van der Waals surface area contributed by atoms with Crippen LogP contribution >= 0.6 is 11.3 Å². The van der Waals surface area contributed by atoms with Crippen molar-refractivity contribution >= 4 is 23.2 Å². The van der Waals surface area contributed by atoms with Gasteiger partial charge in [-0.05, 0) is 13.5 Å². The van der Waals surface area contributed by atoms with Crippen LogP contribution in [0.1, 0.15) is 22.4 Å². The molecule has 4 N–H and O–H groups in total. The highest BCUT2D eigenvalue weighted by Gasteiger charge is 2.17. The molecule has 7 heteroatoms. The number of nitrogens with zero attached hydrogens (tertiary/aromatic N) is 1. The van der Waals surface area contributed by atoms with E-state index >= 15 is 0 Å². The number of carbonyl (C=O) groups excluding carboxylic acids is 1. The number of aliphatic carboxylic acids is 1. The first-order valence-electron chi connectivity index (χ1n) is 4.72. The number of thiazole rings is 1. The number of amides is 1. The second kappa shape index (κ2) is 5.57. The zero-order valence-electron chi connectivity index (χ0n) is 8.77. The van der Waals surface area contributed by atoms with Crippen molar-refractivity contribution < 1.29 is 14.7 Å². The maximum Gasteiger partial charge on any atom is 0.325 e. The first-order valence-corrected chi connectivity index (χ1v) is 5.60. The molecule has 0 aromatic carbocycles. The van der Waals surface area contributed by atoms with Crippen LogP contribution in [0.3, 0.4) is 0 Å². The smallest absolute Gasteiger partial charge is 0.325 e. The van der Waals surface area contributed by atoms with E-state index in [-0.39, 0.29) is 5.69 Å². The number of carboxylic acids is 1. The van der Waals surface area contributed by atoms with E-state index in [0.717, 1.165) is 5.01 Å². The molecule has 1 aromatic heterocycles. The molecule has 0 aliphatic heterocycles. The number of carbonyl (C=O) groups is 2. The van der Waals surface area contributed by atoms with Crippen LogP contribution in [0.15, 0.2) is 5.38 Å². The normalized spacial score (nSPS) is 12.1. The lowest BCUT2D eigenvalue weighted by Gasteiger charge is -2.06. The third-order valence-corrected chi connectivity index (χ3v) is 2.77. The fourth-order valence-corrected chi connectivity index (χ4v) is 1.78. The highest BCUT2D eigenvalue weighted by molar-refractivity contribution is 7.09. The fraction of sp³-hybridized carbons (Fsp3) is 0.444. The van der Waals surface area contributed by atoms with Crippen LogP contribution < -0.4 is 11.1 Å². The summed E-state index contributed by atoms with van der Waals surface area (Å²) in [5, 5.41) is 13.3. The predicted octanol–water partition coefficient (Wildman–Crippen LogP) is -0.153. The van der Waals surface area contributed by atoms with Crippen molar-refractivity contribution in [2.45, 2.75) is 19.4 Å². The number of hydrogen-bond donors (Lipinski definition) is 3. The molecule has 0 saturated carbocycles. The minimum atomic E-state index is -1.08. The number of carboxylic acid groups (broad SMARTS) is 1. The summed E-state index contributed by atoms with van der Waals surface area (Å²) >= 11 is 1.34. The van der Waals surface area contributed by atoms with Crippen LogP contribution in [-0.4, -0.2) is 34.6 Å². The molecule has 0 spiro atoms. The highest BCUT2D eigenvalue weighted by Crippen LogP contribution is 2.09. The second-order valence-electron chi connectivity index (χ2n) is 3.20. The molecule has 6 nitrogen and oxygen atoms in total. The monoisotopic (exact) mass is 243 g/mol. The number of aromatic nitrogens is 1. The average Bonchev–Trinajstić information content (AvgIpc) is 2.66. The van der Waals surface area contributed by atoms with Gasteiger partial charge in [0.25, 0.3) is 5.91 Å². The van der Waals surface area contributed by atoms with Crippen LogP contribution in [0.2, 0.25) is 0 Å². The topological polar surface area (TPSA) is 105 Å². The minimum absolute atomic E-state index is 0.238. The van der Waals surface area contributed by atoms with Gasteiger partial charge in [0.2, 0.25) is 0 Å². The predicted molar refractivity (Wildman–Crippen MR) is 59.4 cm³/mol. The minimum Gasteiger partial charge on any atom is -0.480 e. The maximum atomic E-state index is 11.5. The van der Waals surface area contributed by atoms with Gasteiger partial charge in [0.05, 0.1) is 5.01 Å². The van der Waals surface area contributed by atoms with Gasteiger partial charge in [-0.1, -0.05) is 0 Å². The molecule has 0 bridgehead atoms. The van der Waals surface area contributed by atoms with Gasteiger partial charge in [0, 0.05) is 11.8 Å². The van der Waals surface area contributed by atoms with Crippen molar-refractivity contribution in [3.8, 4) is 0 Å². The Kier molecular flexibility index (Phi) is 4.39. The third kappa shape index (κ3) is 3.28. The molecule has 0 unspecified atom stereocenters. The average molecular weight is 243 g/mol. The molecular weight excluding hydrogens is 230 g/mol. The van der Waals surface area contributed by atoms with Gasteiger partial charge in [-0.2, -0.15) is 0 Å². The summed E-state index contributed by atoms with van der Waals surface area (Å²) in [7, 11) is 0. The van der Waals surface area contributed by atoms with Crippen molar-refractivity contribution in [1.29, 1.82) is 0 Å². The first-order chi connectivity index (χ1) is 7.54. The molecule has 1 amide bonds. The van der Waals surface area contributed by atoms with Crippen molar-refractivity contribution in [2.75, 3.05) is 6.54 Å². The van der Waals surface area contributed by atoms with E-state index in [1.807, 2.05) is 0 Å². The summed E-state index contributed by atoms with van der Waals surface area (Å²) in [5.74, 6) is -1.56. The Bertz CT molecular complexity index is 391. The van der Waals surface area contributed by atoms with Crippen LogP contribution in [0.5, 0.6) is 0 Å². The molecule has 1 aromatic rings. The number of nitrogens with two attached hydrogens (primary N) is 1. The molecule has 0 aliphatic rings. The van der Waals surface area contributed by atoms with Gasteiger partial charge in [-0.15, -0.1) is 11.3 Å². The summed E-state index contributed by atoms with van der Waals surface area (Å²) in [4.78, 5) is 26.1. The van der Waals surface area contributed by atoms with E-state index in [9.17, 15) is 9.59 Å². The molecular formula is C9H13N3O3S. The lowest BCUT2D eigenvalue weighted by Crippen LogP contribution is -2.38. The summed E-state index contributed by atoms with van der Waals surface area (Å²) in [6.45, 7) is 1.87. The Morgan fingerprint density at radius 3 is 2.94 bits per heavy atom. The summed E-state index contributed by atoms with van der Waals surface area (Å²) in [6, 6.07) is -0.924. The largest absolute Gasteiger partial charge is 0.480 e. The Morgan fingerprint density at radius 2 is 2.38 bits per heavy atom. The zero-order valence-corrected chi connectivity index (χ0v) is 9.58. The number of rotatable bonds is 5. The number of hydrogen-bond acceptors (Lipinski definition) is 5. The van der Waals surface area contributed by atoms with E-state index in [1.54, 1.807) is 5.38 Å². The van der Waals surface area contributed by atoms with E-state index in [0.29, 0.717) is 13.0 Å². The van der Waals surface area contributed by atoms with Gasteiger partial charge >= 0.3 is 5.97 Å². The quantitative estimate of drug-likeness (QED) is 0.666. The van der Waals surface area contributed by atoms with E-state index < -0.39 is 17.9 Å². The second-order valence-corrected chi connectivity index (χ2v) is 4.14. The van der Waals surface area contributed by atoms with Crippen molar-refractivity contribution in [1.82, 2.24) is 10.3 Å². The molecule has 0 aliphatic carbocycles. The lowest BCUT2D eigenvalue weighted by atomic mass is 10.3. The molecule has 16 heavy (non-hydrogen) atoms. The van der Waals surface area contributed by atoms with Crippen LogP contribution in [0.25, 0.3) is 0 Å². The molecule has 0 radical (unpaired) electrons. The Hall–Kier alpha value is -1.47. The first kappa shape index (κ1) is 12.6. The standard InChI is InChI=1S/C9H13N3O3S/c1-5(9(14)15)11-8(13)6-4-16-7(12-6)2-3-10/h4-5H,2-3,10H2,1H3,(H,11,13)(H,14,15)/t5-/m1/s1. The SMILES string of the molecule is C[C@@H](NC(=O)c1csc(CCN)n1)C(=O)O. The van der Waals surface area contributed by atoms with Gasteiger partial charge < -0.3 is 16.2 Å². The van der Waals surface area contributed by atoms with Crippen LogP contribution in [0.4, 0.5) is 0 Å². The maximum absolute atomic E-state index is 11.5. The molecule has 88 valence electrons. The van der Waals surface area contributed by atoms with Gasteiger partial charge in [-0.3, -0.25) is 9.59 Å². The third-order valence-electron chi connectivity index (χ3n) is 1.86. The Labute approximate surface area is 96.5 Å². The van der Waals surface area contributed by atoms with E-state index in [2.05, 4.69) is 10.3 Å². The van der Waals surface area contributed by atoms with Crippen molar-refractivity contribution in [2.24, 2.45) is 5.73 Å². The molecule has 1 heterocycles.